The molecule has 0 saturated heterocycles. The van der Waals surface area contributed by atoms with Gasteiger partial charge in [0, 0.05) is 19.3 Å². The number of nitriles is 2. The SMILES string of the molecule is N#Cc1ncn(CCCn2ccc(N)n2)c1C#N. The molecule has 0 saturated carbocycles. The second-order valence-corrected chi connectivity index (χ2v) is 3.72. The predicted octanol–water partition coefficient (Wildman–Crippen LogP) is 0.495. The Bertz CT molecular complexity index is 623. The predicted molar refractivity (Wildman–Crippen MR) is 62.9 cm³/mol. The number of anilines is 1. The average molecular weight is 241 g/mol. The normalized spacial score (nSPS) is 9.89. The highest BCUT2D eigenvalue weighted by molar-refractivity contribution is 5.35. The fourth-order valence-corrected chi connectivity index (χ4v) is 1.66. The second kappa shape index (κ2) is 5.02. The van der Waals surface area contributed by atoms with Crippen molar-refractivity contribution in [1.82, 2.24) is 19.3 Å². The van der Waals surface area contributed by atoms with Gasteiger partial charge in [-0.25, -0.2) is 4.98 Å². The van der Waals surface area contributed by atoms with Gasteiger partial charge in [0.05, 0.1) is 6.33 Å². The molecule has 0 fully saturated rings. The first kappa shape index (κ1) is 11.7. The Morgan fingerprint density at radius 1 is 1.28 bits per heavy atom. The van der Waals surface area contributed by atoms with E-state index in [1.807, 2.05) is 12.1 Å². The molecule has 0 spiro atoms. The molecule has 2 aromatic rings. The van der Waals surface area contributed by atoms with Gasteiger partial charge in [0.1, 0.15) is 18.0 Å². The number of aromatic nitrogens is 4. The van der Waals surface area contributed by atoms with Gasteiger partial charge in [-0.15, -0.1) is 0 Å². The molecule has 0 bridgehead atoms. The zero-order valence-corrected chi connectivity index (χ0v) is 9.61. The standard InChI is InChI=1S/C11H11N7/c12-6-9-10(7-13)17(8-15-9)3-1-4-18-5-2-11(14)16-18/h2,5,8H,1,3-4H2,(H2,14,16). The Hall–Kier alpha value is -2.80. The minimum atomic E-state index is 0.167. The van der Waals surface area contributed by atoms with Crippen LogP contribution in [0.2, 0.25) is 0 Å². The van der Waals surface area contributed by atoms with E-state index in [0.29, 0.717) is 24.6 Å². The smallest absolute Gasteiger partial charge is 0.176 e. The largest absolute Gasteiger partial charge is 0.382 e. The van der Waals surface area contributed by atoms with Gasteiger partial charge in [-0.3, -0.25) is 4.68 Å². The summed E-state index contributed by atoms with van der Waals surface area (Å²) in [4.78, 5) is 3.87. The van der Waals surface area contributed by atoms with Gasteiger partial charge in [0.15, 0.2) is 11.4 Å². The molecule has 0 aliphatic heterocycles. The van der Waals surface area contributed by atoms with Gasteiger partial charge in [-0.2, -0.15) is 15.6 Å². The van der Waals surface area contributed by atoms with Gasteiger partial charge in [-0.1, -0.05) is 0 Å². The Morgan fingerprint density at radius 2 is 2.11 bits per heavy atom. The molecule has 2 rings (SSSR count). The summed E-state index contributed by atoms with van der Waals surface area (Å²) in [6.07, 6.45) is 4.08. The molecule has 0 aliphatic carbocycles. The number of nitrogen functional groups attached to an aromatic ring is 1. The van der Waals surface area contributed by atoms with Crippen molar-refractivity contribution in [1.29, 1.82) is 10.5 Å². The molecule has 0 atom stereocenters. The third-order valence-corrected chi connectivity index (χ3v) is 2.50. The van der Waals surface area contributed by atoms with Crippen LogP contribution in [0.3, 0.4) is 0 Å². The van der Waals surface area contributed by atoms with Gasteiger partial charge < -0.3 is 10.3 Å². The molecule has 2 aromatic heterocycles. The maximum Gasteiger partial charge on any atom is 0.176 e. The summed E-state index contributed by atoms with van der Waals surface area (Å²) >= 11 is 0. The van der Waals surface area contributed by atoms with Crippen molar-refractivity contribution in [2.45, 2.75) is 19.5 Å². The summed E-state index contributed by atoms with van der Waals surface area (Å²) in [5.41, 5.74) is 5.97. The molecule has 0 amide bonds. The quantitative estimate of drug-likeness (QED) is 0.837. The van der Waals surface area contributed by atoms with Crippen LogP contribution >= 0.6 is 0 Å². The summed E-state index contributed by atoms with van der Waals surface area (Å²) in [6, 6.07) is 5.60. The first-order valence-corrected chi connectivity index (χ1v) is 5.39. The van der Waals surface area contributed by atoms with Crippen LogP contribution in [0.4, 0.5) is 5.82 Å². The summed E-state index contributed by atoms with van der Waals surface area (Å²) in [5.74, 6) is 0.488. The monoisotopic (exact) mass is 241 g/mol. The zero-order valence-electron chi connectivity index (χ0n) is 9.61. The average Bonchev–Trinajstić information content (AvgIpc) is 2.95. The lowest BCUT2D eigenvalue weighted by atomic mass is 10.3. The van der Waals surface area contributed by atoms with E-state index in [4.69, 9.17) is 16.3 Å². The summed E-state index contributed by atoms with van der Waals surface area (Å²) < 4.78 is 3.41. The molecular formula is C11H11N7. The maximum absolute atomic E-state index is 8.94. The van der Waals surface area contributed by atoms with E-state index in [-0.39, 0.29) is 5.69 Å². The van der Waals surface area contributed by atoms with Gasteiger partial charge in [-0.05, 0) is 12.5 Å². The second-order valence-electron chi connectivity index (χ2n) is 3.72. The van der Waals surface area contributed by atoms with Crippen LogP contribution in [0.5, 0.6) is 0 Å². The number of nitrogens with zero attached hydrogens (tertiary/aromatic N) is 6. The van der Waals surface area contributed by atoms with Crippen molar-refractivity contribution in [3.05, 3.63) is 30.0 Å². The van der Waals surface area contributed by atoms with E-state index in [9.17, 15) is 0 Å². The fourth-order valence-electron chi connectivity index (χ4n) is 1.66. The lowest BCUT2D eigenvalue weighted by Crippen LogP contribution is -2.06. The highest BCUT2D eigenvalue weighted by atomic mass is 15.3. The first-order valence-electron chi connectivity index (χ1n) is 5.39. The number of hydrogen-bond donors (Lipinski definition) is 1. The van der Waals surface area contributed by atoms with E-state index < -0.39 is 0 Å². The van der Waals surface area contributed by atoms with Crippen LogP contribution in [0.25, 0.3) is 0 Å². The molecule has 18 heavy (non-hydrogen) atoms. The Kier molecular flexibility index (Phi) is 3.26. The van der Waals surface area contributed by atoms with Crippen molar-refractivity contribution in [2.24, 2.45) is 0 Å². The topological polar surface area (TPSA) is 109 Å². The van der Waals surface area contributed by atoms with Crippen molar-refractivity contribution >= 4 is 5.82 Å². The van der Waals surface area contributed by atoms with Crippen LogP contribution < -0.4 is 5.73 Å². The summed E-state index contributed by atoms with van der Waals surface area (Å²) in [5, 5.41) is 21.8. The molecule has 0 radical (unpaired) electrons. The van der Waals surface area contributed by atoms with Crippen LogP contribution in [-0.4, -0.2) is 19.3 Å². The lowest BCUT2D eigenvalue weighted by molar-refractivity contribution is 0.526. The van der Waals surface area contributed by atoms with E-state index in [2.05, 4.69) is 10.1 Å². The third-order valence-electron chi connectivity index (χ3n) is 2.50. The van der Waals surface area contributed by atoms with E-state index >= 15 is 0 Å². The maximum atomic E-state index is 8.94. The molecule has 7 heteroatoms. The van der Waals surface area contributed by atoms with Gasteiger partial charge >= 0.3 is 0 Å². The molecule has 2 heterocycles. The van der Waals surface area contributed by atoms with Crippen LogP contribution in [0, 0.1) is 22.7 Å². The summed E-state index contributed by atoms with van der Waals surface area (Å²) in [6.45, 7) is 1.31. The number of aryl methyl sites for hydroxylation is 2. The van der Waals surface area contributed by atoms with E-state index in [0.717, 1.165) is 6.42 Å². The lowest BCUT2D eigenvalue weighted by Gasteiger charge is -2.03. The molecule has 90 valence electrons. The van der Waals surface area contributed by atoms with Crippen LogP contribution in [-0.2, 0) is 13.1 Å². The minimum absolute atomic E-state index is 0.167. The zero-order chi connectivity index (χ0) is 13.0. The number of nitrogens with two attached hydrogens (primary N) is 1. The molecule has 2 N–H and O–H groups in total. The summed E-state index contributed by atoms with van der Waals surface area (Å²) in [7, 11) is 0. The molecule has 0 unspecified atom stereocenters. The fraction of sp³-hybridized carbons (Fsp3) is 0.273. The van der Waals surface area contributed by atoms with Crippen molar-refractivity contribution in [3.63, 3.8) is 0 Å². The first-order chi connectivity index (χ1) is 8.74. The molecule has 7 nitrogen and oxygen atoms in total. The highest BCUT2D eigenvalue weighted by Crippen LogP contribution is 2.06. The van der Waals surface area contributed by atoms with E-state index in [1.54, 1.807) is 21.5 Å². The van der Waals surface area contributed by atoms with Crippen molar-refractivity contribution < 1.29 is 0 Å². The van der Waals surface area contributed by atoms with E-state index in [1.165, 1.54) is 6.33 Å². The Balaban J connectivity index is 1.97. The minimum Gasteiger partial charge on any atom is -0.382 e. The Morgan fingerprint density at radius 3 is 2.72 bits per heavy atom. The number of imidazole rings is 1. The van der Waals surface area contributed by atoms with Crippen molar-refractivity contribution in [3.8, 4) is 12.1 Å². The van der Waals surface area contributed by atoms with Crippen LogP contribution in [0.1, 0.15) is 17.8 Å². The molecule has 0 aromatic carbocycles. The third kappa shape index (κ3) is 2.30. The Labute approximate surface area is 104 Å². The van der Waals surface area contributed by atoms with Gasteiger partial charge in [0.25, 0.3) is 0 Å². The number of hydrogen-bond acceptors (Lipinski definition) is 5. The van der Waals surface area contributed by atoms with Gasteiger partial charge in [0.2, 0.25) is 0 Å². The van der Waals surface area contributed by atoms with Crippen LogP contribution in [0.15, 0.2) is 18.6 Å². The number of rotatable bonds is 4. The molecule has 0 aliphatic rings. The molecular weight excluding hydrogens is 230 g/mol. The highest BCUT2D eigenvalue weighted by Gasteiger charge is 2.09. The van der Waals surface area contributed by atoms with Crippen molar-refractivity contribution in [2.75, 3.05) is 5.73 Å².